The van der Waals surface area contributed by atoms with E-state index in [1.54, 1.807) is 0 Å². The van der Waals surface area contributed by atoms with Crippen LogP contribution in [0.15, 0.2) is 0 Å². The Morgan fingerprint density at radius 1 is 1.11 bits per heavy atom. The molecule has 4 saturated carbocycles. The van der Waals surface area contributed by atoms with Crippen molar-refractivity contribution >= 4 is 5.91 Å². The fourth-order valence-corrected chi connectivity index (χ4v) is 5.08. The van der Waals surface area contributed by atoms with Gasteiger partial charge in [-0.25, -0.2) is 0 Å². The number of hydrogen-bond donors (Lipinski definition) is 1. The van der Waals surface area contributed by atoms with Gasteiger partial charge in [-0.2, -0.15) is 0 Å². The van der Waals surface area contributed by atoms with Gasteiger partial charge in [0.15, 0.2) is 0 Å². The van der Waals surface area contributed by atoms with E-state index in [1.807, 2.05) is 11.8 Å². The summed E-state index contributed by atoms with van der Waals surface area (Å²) in [5, 5.41) is 9.07. The minimum absolute atomic E-state index is 0.0902. The number of nitrogens with zero attached hydrogens (tertiary/aromatic N) is 1. The average Bonchev–Trinajstić information content (AvgIpc) is 2.34. The lowest BCUT2D eigenvalue weighted by molar-refractivity contribution is -0.149. The molecular weight excluding hydrogens is 226 g/mol. The van der Waals surface area contributed by atoms with E-state index in [4.69, 9.17) is 5.11 Å². The van der Waals surface area contributed by atoms with Crippen LogP contribution in [0, 0.1) is 29.6 Å². The largest absolute Gasteiger partial charge is 0.395 e. The highest BCUT2D eigenvalue weighted by Gasteiger charge is 2.51. The van der Waals surface area contributed by atoms with Crippen molar-refractivity contribution in [3.05, 3.63) is 0 Å². The third-order valence-corrected chi connectivity index (χ3v) is 5.58. The van der Waals surface area contributed by atoms with Gasteiger partial charge < -0.3 is 10.0 Å². The van der Waals surface area contributed by atoms with Crippen LogP contribution in [0.1, 0.15) is 39.0 Å². The molecule has 0 radical (unpaired) electrons. The number of aliphatic hydroxyl groups excluding tert-OH is 1. The van der Waals surface area contributed by atoms with Gasteiger partial charge in [0.1, 0.15) is 0 Å². The number of amides is 1. The monoisotopic (exact) mass is 251 g/mol. The second-order valence-electron chi connectivity index (χ2n) is 6.60. The quantitative estimate of drug-likeness (QED) is 0.829. The molecule has 1 amide bonds. The van der Waals surface area contributed by atoms with Crippen LogP contribution >= 0.6 is 0 Å². The Hall–Kier alpha value is -0.570. The SMILES string of the molecule is CCN(CCO)C(=O)C1C2CC3CC(C2)CC1C3. The number of carbonyl (C=O) groups excluding carboxylic acids is 1. The van der Waals surface area contributed by atoms with Gasteiger partial charge in [0.05, 0.1) is 6.61 Å². The van der Waals surface area contributed by atoms with Gasteiger partial charge in [0.2, 0.25) is 5.91 Å². The molecule has 102 valence electrons. The van der Waals surface area contributed by atoms with Crippen molar-refractivity contribution < 1.29 is 9.90 Å². The number of aliphatic hydroxyl groups is 1. The van der Waals surface area contributed by atoms with Gasteiger partial charge in [-0.05, 0) is 62.7 Å². The maximum Gasteiger partial charge on any atom is 0.226 e. The lowest BCUT2D eigenvalue weighted by Gasteiger charge is -2.54. The van der Waals surface area contributed by atoms with Gasteiger partial charge in [0, 0.05) is 19.0 Å². The lowest BCUT2D eigenvalue weighted by atomic mass is 9.51. The molecule has 18 heavy (non-hydrogen) atoms. The number of likely N-dealkylation sites (N-methyl/N-ethyl adjacent to an activating group) is 1. The molecule has 0 spiro atoms. The third-order valence-electron chi connectivity index (χ3n) is 5.58. The maximum absolute atomic E-state index is 12.7. The van der Waals surface area contributed by atoms with Gasteiger partial charge in [-0.15, -0.1) is 0 Å². The van der Waals surface area contributed by atoms with Crippen molar-refractivity contribution in [1.82, 2.24) is 4.90 Å². The molecule has 4 fully saturated rings. The van der Waals surface area contributed by atoms with E-state index in [-0.39, 0.29) is 12.5 Å². The zero-order valence-corrected chi connectivity index (χ0v) is 11.3. The summed E-state index contributed by atoms with van der Waals surface area (Å²) in [6.07, 6.45) is 6.60. The van der Waals surface area contributed by atoms with Crippen molar-refractivity contribution in [2.24, 2.45) is 29.6 Å². The minimum atomic E-state index is 0.0902. The van der Waals surface area contributed by atoms with Crippen molar-refractivity contribution in [3.63, 3.8) is 0 Å². The fourth-order valence-electron chi connectivity index (χ4n) is 5.08. The molecule has 1 N–H and O–H groups in total. The Bertz CT molecular complexity index is 300. The van der Waals surface area contributed by atoms with Crippen molar-refractivity contribution in [1.29, 1.82) is 0 Å². The van der Waals surface area contributed by atoms with Crippen LogP contribution in [0.4, 0.5) is 0 Å². The molecule has 0 aromatic rings. The summed E-state index contributed by atoms with van der Waals surface area (Å²) in [7, 11) is 0. The molecule has 0 aromatic carbocycles. The normalized spacial score (nSPS) is 41.1. The Kier molecular flexibility index (Phi) is 3.35. The average molecular weight is 251 g/mol. The standard InChI is InChI=1S/C15H25NO2/c1-2-16(3-4-17)15(18)14-12-6-10-5-11(8-12)9-13(14)7-10/h10-14,17H,2-9H2,1H3. The highest BCUT2D eigenvalue weighted by molar-refractivity contribution is 5.79. The van der Waals surface area contributed by atoms with Crippen LogP contribution in [0.2, 0.25) is 0 Å². The van der Waals surface area contributed by atoms with Crippen molar-refractivity contribution in [3.8, 4) is 0 Å². The van der Waals surface area contributed by atoms with Crippen molar-refractivity contribution in [2.75, 3.05) is 19.7 Å². The molecule has 0 aromatic heterocycles. The van der Waals surface area contributed by atoms with E-state index in [0.717, 1.165) is 18.4 Å². The first-order valence-electron chi connectivity index (χ1n) is 7.62. The summed E-state index contributed by atoms with van der Waals surface area (Å²) in [5.74, 6) is 3.77. The zero-order valence-electron chi connectivity index (χ0n) is 11.3. The molecular formula is C15H25NO2. The van der Waals surface area contributed by atoms with Crippen molar-refractivity contribution in [2.45, 2.75) is 39.0 Å². The van der Waals surface area contributed by atoms with E-state index in [2.05, 4.69) is 0 Å². The van der Waals surface area contributed by atoms with E-state index in [0.29, 0.717) is 24.3 Å². The Morgan fingerprint density at radius 3 is 2.11 bits per heavy atom. The Labute approximate surface area is 110 Å². The molecule has 3 heteroatoms. The molecule has 4 bridgehead atoms. The minimum Gasteiger partial charge on any atom is -0.395 e. The summed E-state index contributed by atoms with van der Waals surface area (Å²) in [6.45, 7) is 3.36. The third kappa shape index (κ3) is 1.97. The van der Waals surface area contributed by atoms with Crippen LogP contribution in [-0.2, 0) is 4.79 Å². The second-order valence-corrected chi connectivity index (χ2v) is 6.60. The van der Waals surface area contributed by atoms with Gasteiger partial charge in [0.25, 0.3) is 0 Å². The predicted octanol–water partition coefficient (Wildman–Crippen LogP) is 1.90. The molecule has 0 heterocycles. The summed E-state index contributed by atoms with van der Waals surface area (Å²) < 4.78 is 0. The van der Waals surface area contributed by atoms with Gasteiger partial charge in [-0.1, -0.05) is 0 Å². The molecule has 4 aliphatic carbocycles. The molecule has 0 aliphatic heterocycles. The van der Waals surface area contributed by atoms with Gasteiger partial charge in [-0.3, -0.25) is 4.79 Å². The van der Waals surface area contributed by atoms with Crippen LogP contribution in [-0.4, -0.2) is 35.6 Å². The molecule has 4 rings (SSSR count). The number of rotatable bonds is 4. The topological polar surface area (TPSA) is 40.5 Å². The van der Waals surface area contributed by atoms with E-state index >= 15 is 0 Å². The Morgan fingerprint density at radius 2 is 1.67 bits per heavy atom. The summed E-state index contributed by atoms with van der Waals surface area (Å²) in [6, 6.07) is 0. The Balaban J connectivity index is 1.74. The van der Waals surface area contributed by atoms with E-state index < -0.39 is 0 Å². The van der Waals surface area contributed by atoms with Crippen LogP contribution in [0.5, 0.6) is 0 Å². The first-order valence-corrected chi connectivity index (χ1v) is 7.62. The number of carbonyl (C=O) groups is 1. The van der Waals surface area contributed by atoms with E-state index in [1.165, 1.54) is 32.1 Å². The fraction of sp³-hybridized carbons (Fsp3) is 0.933. The summed E-state index contributed by atoms with van der Waals surface area (Å²) >= 11 is 0. The van der Waals surface area contributed by atoms with Crippen LogP contribution in [0.3, 0.4) is 0 Å². The number of hydrogen-bond acceptors (Lipinski definition) is 2. The molecule has 0 unspecified atom stereocenters. The highest BCUT2D eigenvalue weighted by atomic mass is 16.3. The highest BCUT2D eigenvalue weighted by Crippen LogP contribution is 2.56. The molecule has 4 aliphatic rings. The van der Waals surface area contributed by atoms with E-state index in [9.17, 15) is 4.79 Å². The maximum atomic E-state index is 12.7. The van der Waals surface area contributed by atoms with Gasteiger partial charge >= 0.3 is 0 Å². The summed E-state index contributed by atoms with van der Waals surface area (Å²) in [4.78, 5) is 14.5. The smallest absolute Gasteiger partial charge is 0.226 e. The molecule has 0 atom stereocenters. The lowest BCUT2D eigenvalue weighted by Crippen LogP contribution is -2.52. The zero-order chi connectivity index (χ0) is 12.7. The first-order chi connectivity index (χ1) is 8.72. The molecule has 3 nitrogen and oxygen atoms in total. The first kappa shape index (κ1) is 12.5. The molecule has 0 saturated heterocycles. The van der Waals surface area contributed by atoms with Crippen LogP contribution < -0.4 is 0 Å². The predicted molar refractivity (Wildman–Crippen MR) is 69.9 cm³/mol. The van der Waals surface area contributed by atoms with Crippen LogP contribution in [0.25, 0.3) is 0 Å². The summed E-state index contributed by atoms with van der Waals surface area (Å²) in [5.41, 5.74) is 0. The second kappa shape index (κ2) is 4.84.